The Balaban J connectivity index is 1.83. The smallest absolute Gasteiger partial charge is 0.256 e. The summed E-state index contributed by atoms with van der Waals surface area (Å²) in [4.78, 5) is 23.1. The summed E-state index contributed by atoms with van der Waals surface area (Å²) in [6.45, 7) is 0.857. The van der Waals surface area contributed by atoms with Gasteiger partial charge in [0, 0.05) is 30.5 Å². The first-order valence-corrected chi connectivity index (χ1v) is 7.42. The van der Waals surface area contributed by atoms with E-state index < -0.39 is 0 Å². The molecule has 0 bridgehead atoms. The van der Waals surface area contributed by atoms with Crippen LogP contribution in [0.15, 0.2) is 36.4 Å². The van der Waals surface area contributed by atoms with Crippen LogP contribution in [0.25, 0.3) is 0 Å². The summed E-state index contributed by atoms with van der Waals surface area (Å²) in [6, 6.07) is 11.0. The highest BCUT2D eigenvalue weighted by atomic mass is 16.1. The van der Waals surface area contributed by atoms with Crippen LogP contribution in [-0.4, -0.2) is 25.9 Å². The first-order valence-electron chi connectivity index (χ1n) is 7.42. The number of hydrogen-bond donors (Lipinski definition) is 4. The van der Waals surface area contributed by atoms with Gasteiger partial charge in [0.2, 0.25) is 6.41 Å². The minimum Gasteiger partial charge on any atom is -0.386 e. The Hall–Kier alpha value is -3.02. The second-order valence-electron chi connectivity index (χ2n) is 5.24. The van der Waals surface area contributed by atoms with Crippen LogP contribution in [0.1, 0.15) is 15.9 Å². The van der Waals surface area contributed by atoms with Crippen LogP contribution >= 0.6 is 0 Å². The Bertz CT molecular complexity index is 758. The fourth-order valence-electron chi connectivity index (χ4n) is 2.77. The van der Waals surface area contributed by atoms with Crippen molar-refractivity contribution in [1.82, 2.24) is 0 Å². The molecule has 3 rings (SSSR count). The lowest BCUT2D eigenvalue weighted by atomic mass is 10.0. The molecule has 118 valence electrons. The third-order valence-electron chi connectivity index (χ3n) is 3.87. The van der Waals surface area contributed by atoms with Gasteiger partial charge in [0.25, 0.3) is 5.91 Å². The maximum Gasteiger partial charge on any atom is 0.256 e. The summed E-state index contributed by atoms with van der Waals surface area (Å²) in [5.41, 5.74) is 4.82. The highest BCUT2D eigenvalue weighted by Crippen LogP contribution is 2.28. The van der Waals surface area contributed by atoms with Gasteiger partial charge in [-0.25, -0.2) is 0 Å². The Morgan fingerprint density at radius 1 is 1.22 bits per heavy atom. The average Bonchev–Trinajstić information content (AvgIpc) is 3.04. The van der Waals surface area contributed by atoms with E-state index in [4.69, 9.17) is 0 Å². The van der Waals surface area contributed by atoms with Gasteiger partial charge in [-0.3, -0.25) is 9.59 Å². The molecule has 0 radical (unpaired) electrons. The molecule has 23 heavy (non-hydrogen) atoms. The summed E-state index contributed by atoms with van der Waals surface area (Å²) >= 11 is 0. The Morgan fingerprint density at radius 2 is 2.09 bits per heavy atom. The Morgan fingerprint density at radius 3 is 2.87 bits per heavy atom. The quantitative estimate of drug-likeness (QED) is 0.640. The molecule has 0 unspecified atom stereocenters. The fraction of sp³-hybridized carbons (Fsp3) is 0.176. The number of carbonyl (C=O) groups is 2. The van der Waals surface area contributed by atoms with E-state index in [0.717, 1.165) is 29.9 Å². The molecule has 1 heterocycles. The van der Waals surface area contributed by atoms with Crippen LogP contribution in [0.3, 0.4) is 0 Å². The van der Waals surface area contributed by atoms with Crippen LogP contribution in [-0.2, 0) is 11.2 Å². The lowest BCUT2D eigenvalue weighted by molar-refractivity contribution is -0.105. The molecule has 0 fully saturated rings. The monoisotopic (exact) mass is 310 g/mol. The molecule has 6 heteroatoms. The van der Waals surface area contributed by atoms with E-state index in [1.165, 1.54) is 0 Å². The number of amides is 2. The zero-order valence-corrected chi connectivity index (χ0v) is 12.8. The van der Waals surface area contributed by atoms with Crippen LogP contribution < -0.4 is 21.3 Å². The highest BCUT2D eigenvalue weighted by Gasteiger charge is 2.18. The molecule has 0 atom stereocenters. The van der Waals surface area contributed by atoms with Crippen molar-refractivity contribution in [1.29, 1.82) is 0 Å². The third kappa shape index (κ3) is 2.96. The van der Waals surface area contributed by atoms with Crippen LogP contribution in [0.4, 0.5) is 22.7 Å². The van der Waals surface area contributed by atoms with Crippen LogP contribution in [0.2, 0.25) is 0 Å². The van der Waals surface area contributed by atoms with Crippen molar-refractivity contribution < 1.29 is 9.59 Å². The molecule has 0 aliphatic carbocycles. The van der Waals surface area contributed by atoms with Gasteiger partial charge in [-0.1, -0.05) is 6.07 Å². The predicted octanol–water partition coefficient (Wildman–Crippen LogP) is 2.52. The van der Waals surface area contributed by atoms with Crippen molar-refractivity contribution in [2.75, 3.05) is 34.9 Å². The number of nitrogens with one attached hydrogen (secondary N) is 4. The molecule has 0 saturated carbocycles. The minimum absolute atomic E-state index is 0.135. The topological polar surface area (TPSA) is 82.3 Å². The fourth-order valence-corrected chi connectivity index (χ4v) is 2.77. The van der Waals surface area contributed by atoms with Gasteiger partial charge < -0.3 is 21.3 Å². The zero-order valence-electron chi connectivity index (χ0n) is 12.8. The molecular weight excluding hydrogens is 292 g/mol. The number of carbonyl (C=O) groups excluding carboxylic acids is 2. The van der Waals surface area contributed by atoms with Crippen molar-refractivity contribution in [3.05, 3.63) is 47.5 Å². The maximum absolute atomic E-state index is 12.6. The second-order valence-corrected chi connectivity index (χ2v) is 5.24. The third-order valence-corrected chi connectivity index (χ3v) is 3.87. The number of fused-ring (bicyclic) bond motifs is 1. The van der Waals surface area contributed by atoms with E-state index in [1.54, 1.807) is 25.2 Å². The molecule has 1 aliphatic heterocycles. The molecule has 4 N–H and O–H groups in total. The van der Waals surface area contributed by atoms with Gasteiger partial charge in [-0.05, 0) is 42.3 Å². The average molecular weight is 310 g/mol. The van der Waals surface area contributed by atoms with Gasteiger partial charge in [0.05, 0.1) is 11.4 Å². The van der Waals surface area contributed by atoms with E-state index in [9.17, 15) is 9.59 Å². The molecule has 0 saturated heterocycles. The Kier molecular flexibility index (Phi) is 4.14. The summed E-state index contributed by atoms with van der Waals surface area (Å²) in [7, 11) is 1.76. The summed E-state index contributed by atoms with van der Waals surface area (Å²) in [6.07, 6.45) is 1.47. The highest BCUT2D eigenvalue weighted by molar-refractivity contribution is 6.06. The molecule has 2 aromatic carbocycles. The second kappa shape index (κ2) is 6.39. The summed E-state index contributed by atoms with van der Waals surface area (Å²) < 4.78 is 0. The number of hydrogen-bond acceptors (Lipinski definition) is 4. The van der Waals surface area contributed by atoms with Crippen molar-refractivity contribution in [2.24, 2.45) is 0 Å². The first kappa shape index (κ1) is 14.9. The van der Waals surface area contributed by atoms with Gasteiger partial charge in [-0.2, -0.15) is 0 Å². The SMILES string of the molecule is CNc1cc(NC(=O)c2cccc3c2CCN3)ccc1NC=O. The van der Waals surface area contributed by atoms with Crippen LogP contribution in [0, 0.1) is 0 Å². The lowest BCUT2D eigenvalue weighted by Gasteiger charge is -2.12. The molecule has 0 aromatic heterocycles. The van der Waals surface area contributed by atoms with Crippen molar-refractivity contribution in [3.8, 4) is 0 Å². The predicted molar refractivity (Wildman–Crippen MR) is 92.3 cm³/mol. The minimum atomic E-state index is -0.135. The molecule has 2 amide bonds. The molecule has 0 spiro atoms. The molecule has 1 aliphatic rings. The van der Waals surface area contributed by atoms with Crippen molar-refractivity contribution >= 4 is 35.1 Å². The van der Waals surface area contributed by atoms with Gasteiger partial charge >= 0.3 is 0 Å². The molecule has 6 nitrogen and oxygen atoms in total. The number of anilines is 4. The normalized spacial score (nSPS) is 12.0. The van der Waals surface area contributed by atoms with E-state index in [1.807, 2.05) is 18.2 Å². The molecule has 2 aromatic rings. The largest absolute Gasteiger partial charge is 0.386 e. The summed E-state index contributed by atoms with van der Waals surface area (Å²) in [5, 5.41) is 11.8. The van der Waals surface area contributed by atoms with E-state index in [0.29, 0.717) is 23.3 Å². The van der Waals surface area contributed by atoms with Gasteiger partial charge in [0.15, 0.2) is 0 Å². The standard InChI is InChI=1S/C17H18N4O2/c1-18-16-9-11(5-6-15(16)20-10-22)21-17(23)13-3-2-4-14-12(13)7-8-19-14/h2-6,9-10,18-19H,7-8H2,1H3,(H,20,22)(H,21,23). The Labute approximate surface area is 134 Å². The van der Waals surface area contributed by atoms with Crippen LogP contribution in [0.5, 0.6) is 0 Å². The number of benzene rings is 2. The van der Waals surface area contributed by atoms with Crippen molar-refractivity contribution in [2.45, 2.75) is 6.42 Å². The first-order chi connectivity index (χ1) is 11.2. The van der Waals surface area contributed by atoms with Crippen molar-refractivity contribution in [3.63, 3.8) is 0 Å². The van der Waals surface area contributed by atoms with E-state index in [2.05, 4.69) is 21.3 Å². The lowest BCUT2D eigenvalue weighted by Crippen LogP contribution is -2.14. The number of rotatable bonds is 5. The maximum atomic E-state index is 12.6. The zero-order chi connectivity index (χ0) is 16.2. The molecular formula is C17H18N4O2. The van der Waals surface area contributed by atoms with E-state index in [-0.39, 0.29) is 5.91 Å². The van der Waals surface area contributed by atoms with Gasteiger partial charge in [0.1, 0.15) is 0 Å². The van der Waals surface area contributed by atoms with E-state index >= 15 is 0 Å². The van der Waals surface area contributed by atoms with Gasteiger partial charge in [-0.15, -0.1) is 0 Å². The summed E-state index contributed by atoms with van der Waals surface area (Å²) in [5.74, 6) is -0.135.